The van der Waals surface area contributed by atoms with Crippen molar-refractivity contribution in [2.24, 2.45) is 17.1 Å². The molecule has 2 N–H and O–H groups in total. The van der Waals surface area contributed by atoms with Gasteiger partial charge in [-0.3, -0.25) is 0 Å². The highest BCUT2D eigenvalue weighted by Crippen LogP contribution is 2.34. The van der Waals surface area contributed by atoms with Crippen LogP contribution in [0.4, 0.5) is 0 Å². The molecule has 0 saturated heterocycles. The quantitative estimate of drug-likeness (QED) is 0.481. The Kier molecular flexibility index (Phi) is 7.90. The molecule has 0 radical (unpaired) electrons. The third-order valence-corrected chi connectivity index (χ3v) is 6.23. The lowest BCUT2D eigenvalue weighted by Gasteiger charge is -2.31. The molecule has 1 nitrogen and oxygen atoms in total. The smallest absolute Gasteiger partial charge is 0.0396 e. The first-order valence-electron chi connectivity index (χ1n) is 10.0. The van der Waals surface area contributed by atoms with E-state index in [2.05, 4.69) is 66.8 Å². The summed E-state index contributed by atoms with van der Waals surface area (Å²) in [5, 5.41) is 0. The monoisotopic (exact) mass is 365 g/mol. The molecule has 0 aromatic heterocycles. The van der Waals surface area contributed by atoms with Gasteiger partial charge >= 0.3 is 0 Å². The molecule has 0 fully saturated rings. The summed E-state index contributed by atoms with van der Waals surface area (Å²) in [6.07, 6.45) is 6.23. The first kappa shape index (κ1) is 23.0. The number of nitrogens with two attached hydrogens (primary N) is 1. The van der Waals surface area contributed by atoms with Crippen LogP contribution < -0.4 is 5.73 Å². The summed E-state index contributed by atoms with van der Waals surface area (Å²) in [7, 11) is 0. The fourth-order valence-electron chi connectivity index (χ4n) is 3.32. The molecule has 0 aliphatic heterocycles. The minimum Gasteiger partial charge on any atom is -0.398 e. The molecule has 0 spiro atoms. The Morgan fingerprint density at radius 1 is 1.19 bits per heavy atom. The van der Waals surface area contributed by atoms with E-state index in [0.29, 0.717) is 11.3 Å². The first-order chi connectivity index (χ1) is 12.4. The zero-order valence-electron chi connectivity index (χ0n) is 18.8. The molecular formula is C26H39N. The van der Waals surface area contributed by atoms with Gasteiger partial charge in [-0.2, -0.15) is 0 Å². The maximum absolute atomic E-state index is 6.57. The average molecular weight is 366 g/mol. The van der Waals surface area contributed by atoms with Gasteiger partial charge in [-0.15, -0.1) is 0 Å². The van der Waals surface area contributed by atoms with Crippen LogP contribution in [0.15, 0.2) is 54.2 Å². The van der Waals surface area contributed by atoms with E-state index in [4.69, 9.17) is 5.73 Å². The molecule has 0 saturated carbocycles. The molecule has 27 heavy (non-hydrogen) atoms. The van der Waals surface area contributed by atoms with Gasteiger partial charge in [-0.1, -0.05) is 65.0 Å². The van der Waals surface area contributed by atoms with E-state index in [1.54, 1.807) is 0 Å². The highest BCUT2D eigenvalue weighted by atomic mass is 14.6. The molecule has 1 heteroatoms. The Bertz CT molecular complexity index is 772. The molecule has 1 rings (SSSR count). The molecule has 0 amide bonds. The number of rotatable bonds is 8. The van der Waals surface area contributed by atoms with Crippen LogP contribution in [0.5, 0.6) is 0 Å². The first-order valence-corrected chi connectivity index (χ1v) is 10.0. The van der Waals surface area contributed by atoms with Crippen molar-refractivity contribution >= 4 is 5.70 Å². The highest BCUT2D eigenvalue weighted by molar-refractivity contribution is 5.71. The van der Waals surface area contributed by atoms with Gasteiger partial charge in [-0.25, -0.2) is 0 Å². The fourth-order valence-corrected chi connectivity index (χ4v) is 3.32. The number of hydrogen-bond acceptors (Lipinski definition) is 1. The predicted octanol–water partition coefficient (Wildman–Crippen LogP) is 7.30. The molecule has 0 aliphatic rings. The van der Waals surface area contributed by atoms with Gasteiger partial charge < -0.3 is 5.73 Å². The lowest BCUT2D eigenvalue weighted by atomic mass is 9.74. The second-order valence-electron chi connectivity index (χ2n) is 8.65. The summed E-state index contributed by atoms with van der Waals surface area (Å²) in [6.45, 7) is 25.9. The summed E-state index contributed by atoms with van der Waals surface area (Å²) in [4.78, 5) is 0. The van der Waals surface area contributed by atoms with Gasteiger partial charge in [0.2, 0.25) is 0 Å². The van der Waals surface area contributed by atoms with Gasteiger partial charge in [0.1, 0.15) is 0 Å². The molecule has 148 valence electrons. The highest BCUT2D eigenvalue weighted by Gasteiger charge is 2.25. The average Bonchev–Trinajstić information content (AvgIpc) is 2.57. The van der Waals surface area contributed by atoms with Gasteiger partial charge in [0, 0.05) is 11.3 Å². The maximum Gasteiger partial charge on any atom is 0.0396 e. The van der Waals surface area contributed by atoms with E-state index in [-0.39, 0.29) is 0 Å². The van der Waals surface area contributed by atoms with Crippen molar-refractivity contribution in [3.05, 3.63) is 76.4 Å². The summed E-state index contributed by atoms with van der Waals surface area (Å²) >= 11 is 0. The van der Waals surface area contributed by atoms with Crippen molar-refractivity contribution in [1.82, 2.24) is 0 Å². The maximum atomic E-state index is 6.57. The number of benzene rings is 1. The Balaban J connectivity index is 3.38. The second kappa shape index (κ2) is 9.26. The molecular weight excluding hydrogens is 326 g/mol. The Hall–Kier alpha value is -2.02. The van der Waals surface area contributed by atoms with Gasteiger partial charge in [-0.05, 0) is 85.4 Å². The van der Waals surface area contributed by atoms with Crippen LogP contribution in [0.1, 0.15) is 70.2 Å². The fraction of sp³-hybridized carbons (Fsp3) is 0.462. The second-order valence-corrected chi connectivity index (χ2v) is 8.65. The van der Waals surface area contributed by atoms with E-state index in [1.807, 2.05) is 26.0 Å². The molecule has 0 aliphatic carbocycles. The van der Waals surface area contributed by atoms with Crippen LogP contribution in [-0.2, 0) is 6.42 Å². The van der Waals surface area contributed by atoms with Crippen LogP contribution in [0.25, 0.3) is 5.70 Å². The number of allylic oxidation sites excluding steroid dienone is 5. The molecule has 1 atom stereocenters. The molecule has 1 aromatic carbocycles. The van der Waals surface area contributed by atoms with Crippen LogP contribution >= 0.6 is 0 Å². The van der Waals surface area contributed by atoms with E-state index < -0.39 is 0 Å². The van der Waals surface area contributed by atoms with Crippen LogP contribution in [-0.4, -0.2) is 0 Å². The molecule has 1 unspecified atom stereocenters. The summed E-state index contributed by atoms with van der Waals surface area (Å²) < 4.78 is 0. The largest absolute Gasteiger partial charge is 0.398 e. The minimum atomic E-state index is 0.302. The van der Waals surface area contributed by atoms with Gasteiger partial charge in [0.05, 0.1) is 0 Å². The summed E-state index contributed by atoms with van der Waals surface area (Å²) in [5.41, 5.74) is 15.7. The topological polar surface area (TPSA) is 26.0 Å². The Morgan fingerprint density at radius 2 is 1.74 bits per heavy atom. The standard InChI is InChI=1S/C26H39N/c1-11-23(17(3)4)20(7)15-25(27)24-14-19(6)18(5)13-22(24)16-21(8)26(9,10)12-2/h11,13-15,21H,3,7,12,16,27H2,1-2,4-6,8-10H3/b23-11-,25-15-. The van der Waals surface area contributed by atoms with Crippen molar-refractivity contribution in [2.75, 3.05) is 0 Å². The Labute approximate surface area is 167 Å². The SMILES string of the molecule is C=C(C)/C(=C/C)C(=C)/C=C(\N)c1cc(C)c(C)cc1CC(C)C(C)(C)CC. The van der Waals surface area contributed by atoms with Crippen LogP contribution in [0.3, 0.4) is 0 Å². The van der Waals surface area contributed by atoms with Gasteiger partial charge in [0.25, 0.3) is 0 Å². The van der Waals surface area contributed by atoms with E-state index in [0.717, 1.165) is 34.4 Å². The lowest BCUT2D eigenvalue weighted by molar-refractivity contribution is 0.220. The summed E-state index contributed by atoms with van der Waals surface area (Å²) in [5.74, 6) is 0.570. The predicted molar refractivity (Wildman–Crippen MR) is 123 cm³/mol. The molecule has 1 aromatic rings. The van der Waals surface area contributed by atoms with Crippen molar-refractivity contribution in [3.63, 3.8) is 0 Å². The van der Waals surface area contributed by atoms with E-state index in [9.17, 15) is 0 Å². The van der Waals surface area contributed by atoms with E-state index >= 15 is 0 Å². The zero-order valence-corrected chi connectivity index (χ0v) is 18.8. The molecule has 0 heterocycles. The van der Waals surface area contributed by atoms with Crippen LogP contribution in [0.2, 0.25) is 0 Å². The van der Waals surface area contributed by atoms with Gasteiger partial charge in [0.15, 0.2) is 0 Å². The summed E-state index contributed by atoms with van der Waals surface area (Å²) in [6, 6.07) is 4.54. The van der Waals surface area contributed by atoms with Crippen molar-refractivity contribution < 1.29 is 0 Å². The minimum absolute atomic E-state index is 0.302. The van der Waals surface area contributed by atoms with Crippen molar-refractivity contribution in [3.8, 4) is 0 Å². The number of hydrogen-bond donors (Lipinski definition) is 1. The Morgan fingerprint density at radius 3 is 2.22 bits per heavy atom. The van der Waals surface area contributed by atoms with Crippen molar-refractivity contribution in [2.45, 2.75) is 68.2 Å². The lowest BCUT2D eigenvalue weighted by Crippen LogP contribution is -2.23. The van der Waals surface area contributed by atoms with Crippen molar-refractivity contribution in [1.29, 1.82) is 0 Å². The zero-order chi connectivity index (χ0) is 20.9. The van der Waals surface area contributed by atoms with Crippen LogP contribution in [0, 0.1) is 25.2 Å². The normalized spacial score (nSPS) is 14.2. The number of aryl methyl sites for hydroxylation is 2. The third kappa shape index (κ3) is 5.73. The third-order valence-electron chi connectivity index (χ3n) is 6.23. The van der Waals surface area contributed by atoms with E-state index in [1.165, 1.54) is 23.1 Å². The molecule has 0 bridgehead atoms.